The van der Waals surface area contributed by atoms with Crippen molar-refractivity contribution in [1.29, 1.82) is 0 Å². The molecule has 0 fully saturated rings. The first-order chi connectivity index (χ1) is 6.09. The van der Waals surface area contributed by atoms with Gasteiger partial charge in [0.1, 0.15) is 10.7 Å². The Bertz CT molecular complexity index is 293. The van der Waals surface area contributed by atoms with Gasteiger partial charge in [-0.3, -0.25) is 10.1 Å². The van der Waals surface area contributed by atoms with Crippen LogP contribution in [0.2, 0.25) is 0 Å². The van der Waals surface area contributed by atoms with E-state index in [0.717, 1.165) is 0 Å². The predicted molar refractivity (Wildman–Crippen MR) is 47.3 cm³/mol. The Labute approximate surface area is 75.9 Å². The Morgan fingerprint density at radius 1 is 1.62 bits per heavy atom. The van der Waals surface area contributed by atoms with Crippen LogP contribution in [0.4, 0.5) is 5.88 Å². The van der Waals surface area contributed by atoms with Crippen molar-refractivity contribution in [3.8, 4) is 0 Å². The highest BCUT2D eigenvalue weighted by Gasteiger charge is 2.11. The maximum absolute atomic E-state index is 10.2. The summed E-state index contributed by atoms with van der Waals surface area (Å²) < 4.78 is 4.93. The minimum Gasteiger partial charge on any atom is -0.404 e. The summed E-state index contributed by atoms with van der Waals surface area (Å²) in [4.78, 5) is 9.70. The molecular weight excluding hydrogens is 172 g/mol. The van der Waals surface area contributed by atoms with E-state index < -0.39 is 4.92 Å². The monoisotopic (exact) mass is 184 g/mol. The molecule has 0 aliphatic rings. The van der Waals surface area contributed by atoms with Gasteiger partial charge in [0.2, 0.25) is 0 Å². The van der Waals surface area contributed by atoms with Gasteiger partial charge in [0.15, 0.2) is 0 Å². The van der Waals surface area contributed by atoms with Crippen LogP contribution in [-0.2, 0) is 6.54 Å². The number of nitrogens with zero attached hydrogens (tertiary/aromatic N) is 1. The number of hydrogen-bond acceptors (Lipinski definition) is 4. The maximum Gasteiger partial charge on any atom is 0.433 e. The summed E-state index contributed by atoms with van der Waals surface area (Å²) >= 11 is 0. The van der Waals surface area contributed by atoms with Gasteiger partial charge < -0.3 is 9.73 Å². The molecule has 0 saturated carbocycles. The topological polar surface area (TPSA) is 68.3 Å². The molecule has 0 radical (unpaired) electrons. The zero-order valence-electron chi connectivity index (χ0n) is 7.61. The van der Waals surface area contributed by atoms with Crippen molar-refractivity contribution in [3.63, 3.8) is 0 Å². The van der Waals surface area contributed by atoms with Gasteiger partial charge >= 0.3 is 5.88 Å². The second kappa shape index (κ2) is 4.04. The zero-order chi connectivity index (χ0) is 9.84. The highest BCUT2D eigenvalue weighted by atomic mass is 16.6. The van der Waals surface area contributed by atoms with E-state index in [1.807, 2.05) is 13.8 Å². The number of nitro groups is 1. The van der Waals surface area contributed by atoms with E-state index in [1.54, 1.807) is 6.07 Å². The first-order valence-electron chi connectivity index (χ1n) is 4.06. The molecule has 0 spiro atoms. The summed E-state index contributed by atoms with van der Waals surface area (Å²) in [6.07, 6.45) is 0. The molecule has 0 saturated heterocycles. The highest BCUT2D eigenvalue weighted by Crippen LogP contribution is 2.15. The first kappa shape index (κ1) is 9.73. The molecule has 1 heterocycles. The van der Waals surface area contributed by atoms with E-state index in [-0.39, 0.29) is 5.88 Å². The van der Waals surface area contributed by atoms with E-state index in [1.165, 1.54) is 6.07 Å². The Kier molecular flexibility index (Phi) is 3.02. The molecule has 5 nitrogen and oxygen atoms in total. The third-order valence-electron chi connectivity index (χ3n) is 1.51. The Balaban J connectivity index is 2.54. The summed E-state index contributed by atoms with van der Waals surface area (Å²) in [6, 6.07) is 3.30. The summed E-state index contributed by atoms with van der Waals surface area (Å²) in [7, 11) is 0. The van der Waals surface area contributed by atoms with Gasteiger partial charge in [-0.2, -0.15) is 0 Å². The van der Waals surface area contributed by atoms with Crippen molar-refractivity contribution in [2.75, 3.05) is 0 Å². The molecule has 1 aromatic rings. The highest BCUT2D eigenvalue weighted by molar-refractivity contribution is 5.17. The largest absolute Gasteiger partial charge is 0.433 e. The van der Waals surface area contributed by atoms with Crippen LogP contribution in [0.3, 0.4) is 0 Å². The molecule has 0 aliphatic carbocycles. The lowest BCUT2D eigenvalue weighted by Gasteiger charge is -2.04. The van der Waals surface area contributed by atoms with E-state index in [2.05, 4.69) is 5.32 Å². The molecule has 0 unspecified atom stereocenters. The van der Waals surface area contributed by atoms with Gasteiger partial charge in [0.05, 0.1) is 12.6 Å². The van der Waals surface area contributed by atoms with Crippen molar-refractivity contribution in [3.05, 3.63) is 28.0 Å². The smallest absolute Gasteiger partial charge is 0.404 e. The summed E-state index contributed by atoms with van der Waals surface area (Å²) in [5.74, 6) is 0.376. The van der Waals surface area contributed by atoms with E-state index in [4.69, 9.17) is 4.42 Å². The molecule has 0 bridgehead atoms. The molecule has 5 heteroatoms. The molecular formula is C8H12N2O3. The second-order valence-electron chi connectivity index (χ2n) is 3.03. The quantitative estimate of drug-likeness (QED) is 0.571. The summed E-state index contributed by atoms with van der Waals surface area (Å²) in [5.41, 5.74) is 0. The Morgan fingerprint density at radius 2 is 2.31 bits per heavy atom. The molecule has 1 aromatic heterocycles. The van der Waals surface area contributed by atoms with Gasteiger partial charge in [-0.05, 0) is 6.07 Å². The van der Waals surface area contributed by atoms with E-state index in [9.17, 15) is 10.1 Å². The lowest BCUT2D eigenvalue weighted by Crippen LogP contribution is -2.21. The number of furan rings is 1. The Morgan fingerprint density at radius 3 is 2.77 bits per heavy atom. The fourth-order valence-electron chi connectivity index (χ4n) is 0.864. The Hall–Kier alpha value is -1.36. The van der Waals surface area contributed by atoms with Gasteiger partial charge in [0.25, 0.3) is 0 Å². The lowest BCUT2D eigenvalue weighted by molar-refractivity contribution is -0.402. The van der Waals surface area contributed by atoms with E-state index in [0.29, 0.717) is 18.3 Å². The van der Waals surface area contributed by atoms with Gasteiger partial charge in [-0.15, -0.1) is 0 Å². The minimum absolute atomic E-state index is 0.208. The molecule has 1 rings (SSSR count). The van der Waals surface area contributed by atoms with Crippen molar-refractivity contribution < 1.29 is 9.34 Å². The molecule has 13 heavy (non-hydrogen) atoms. The summed E-state index contributed by atoms with van der Waals surface area (Å²) in [5, 5.41) is 13.3. The standard InChI is InChI=1S/C8H12N2O3/c1-6(2)9-5-7-3-4-8(13-7)10(11)12/h3-4,6,9H,5H2,1-2H3. The van der Waals surface area contributed by atoms with Crippen molar-refractivity contribution in [1.82, 2.24) is 5.32 Å². The molecule has 1 N–H and O–H groups in total. The van der Waals surface area contributed by atoms with Crippen LogP contribution in [0.15, 0.2) is 16.5 Å². The zero-order valence-corrected chi connectivity index (χ0v) is 7.61. The number of hydrogen-bond donors (Lipinski definition) is 1. The molecule has 0 aliphatic heterocycles. The van der Waals surface area contributed by atoms with Gasteiger partial charge in [-0.1, -0.05) is 13.8 Å². The fraction of sp³-hybridized carbons (Fsp3) is 0.500. The third-order valence-corrected chi connectivity index (χ3v) is 1.51. The molecule has 0 atom stereocenters. The normalized spacial score (nSPS) is 10.7. The number of nitrogens with one attached hydrogen (secondary N) is 1. The van der Waals surface area contributed by atoms with Crippen LogP contribution in [0.25, 0.3) is 0 Å². The SMILES string of the molecule is CC(C)NCc1ccc([N+](=O)[O-])o1. The van der Waals surface area contributed by atoms with Gasteiger partial charge in [-0.25, -0.2) is 0 Å². The van der Waals surface area contributed by atoms with Crippen LogP contribution in [0.5, 0.6) is 0 Å². The lowest BCUT2D eigenvalue weighted by atomic mass is 10.3. The van der Waals surface area contributed by atoms with Crippen LogP contribution in [0, 0.1) is 10.1 Å². The minimum atomic E-state index is -0.543. The molecule has 72 valence electrons. The van der Waals surface area contributed by atoms with Crippen LogP contribution in [0.1, 0.15) is 19.6 Å². The third kappa shape index (κ3) is 2.87. The van der Waals surface area contributed by atoms with Crippen LogP contribution in [-0.4, -0.2) is 11.0 Å². The van der Waals surface area contributed by atoms with Gasteiger partial charge in [0, 0.05) is 6.04 Å². The van der Waals surface area contributed by atoms with Crippen molar-refractivity contribution >= 4 is 5.88 Å². The average molecular weight is 184 g/mol. The summed E-state index contributed by atoms with van der Waals surface area (Å²) in [6.45, 7) is 4.51. The van der Waals surface area contributed by atoms with E-state index >= 15 is 0 Å². The maximum atomic E-state index is 10.2. The molecule has 0 aromatic carbocycles. The molecule has 0 amide bonds. The second-order valence-corrected chi connectivity index (χ2v) is 3.03. The fourth-order valence-corrected chi connectivity index (χ4v) is 0.864. The van der Waals surface area contributed by atoms with Crippen LogP contribution >= 0.6 is 0 Å². The first-order valence-corrected chi connectivity index (χ1v) is 4.06. The average Bonchev–Trinajstić information content (AvgIpc) is 2.48. The van der Waals surface area contributed by atoms with Crippen molar-refractivity contribution in [2.45, 2.75) is 26.4 Å². The number of rotatable bonds is 4. The van der Waals surface area contributed by atoms with Crippen LogP contribution < -0.4 is 5.32 Å². The van der Waals surface area contributed by atoms with Crippen molar-refractivity contribution in [2.24, 2.45) is 0 Å². The predicted octanol–water partition coefficient (Wildman–Crippen LogP) is 1.69.